The Bertz CT molecular complexity index is 669. The van der Waals surface area contributed by atoms with Gasteiger partial charge in [0.15, 0.2) is 15.8 Å². The van der Waals surface area contributed by atoms with Crippen molar-refractivity contribution < 1.29 is 17.9 Å². The summed E-state index contributed by atoms with van der Waals surface area (Å²) in [5.74, 6) is 2.05. The molecule has 25 heavy (non-hydrogen) atoms. The number of aliphatic imine (C=N–C) groups is 1. The van der Waals surface area contributed by atoms with Crippen molar-refractivity contribution in [3.8, 4) is 0 Å². The fourth-order valence-electron chi connectivity index (χ4n) is 2.29. The van der Waals surface area contributed by atoms with E-state index >= 15 is 0 Å². The minimum atomic E-state index is -3.03. The van der Waals surface area contributed by atoms with Crippen LogP contribution in [0.4, 0.5) is 0 Å². The fourth-order valence-corrected chi connectivity index (χ4v) is 3.00. The standard InChI is InChI=1S/C16H29N3O4S.HI/c1-6-17-15(18-8-9-24(21,22)7-2)19-11-16(5,20)14-10-12(3)23-13(14)4;/h10,20H,6-9,11H2,1-5H3,(H2,17,18,19);1H. The highest BCUT2D eigenvalue weighted by Gasteiger charge is 2.27. The van der Waals surface area contributed by atoms with Gasteiger partial charge in [-0.1, -0.05) is 6.92 Å². The molecule has 0 saturated carbocycles. The Labute approximate surface area is 167 Å². The number of aliphatic hydroxyl groups is 1. The minimum absolute atomic E-state index is 0. The number of hydrogen-bond donors (Lipinski definition) is 3. The summed E-state index contributed by atoms with van der Waals surface area (Å²) in [6.07, 6.45) is 0. The predicted molar refractivity (Wildman–Crippen MR) is 111 cm³/mol. The molecular weight excluding hydrogens is 457 g/mol. The van der Waals surface area contributed by atoms with Crippen molar-refractivity contribution in [3.63, 3.8) is 0 Å². The molecular formula is C16H30IN3O4S. The van der Waals surface area contributed by atoms with E-state index < -0.39 is 15.4 Å². The smallest absolute Gasteiger partial charge is 0.191 e. The van der Waals surface area contributed by atoms with E-state index in [0.717, 1.165) is 5.76 Å². The number of sulfone groups is 1. The lowest BCUT2D eigenvalue weighted by Crippen LogP contribution is -2.41. The molecule has 146 valence electrons. The van der Waals surface area contributed by atoms with Gasteiger partial charge >= 0.3 is 0 Å². The van der Waals surface area contributed by atoms with Crippen molar-refractivity contribution in [1.82, 2.24) is 10.6 Å². The zero-order chi connectivity index (χ0) is 18.4. The molecule has 7 nitrogen and oxygen atoms in total. The maximum atomic E-state index is 11.5. The first-order valence-electron chi connectivity index (χ1n) is 8.13. The molecule has 0 radical (unpaired) electrons. The van der Waals surface area contributed by atoms with Crippen molar-refractivity contribution in [2.24, 2.45) is 4.99 Å². The summed E-state index contributed by atoms with van der Waals surface area (Å²) in [5, 5.41) is 16.7. The Kier molecular flexibility index (Phi) is 10.0. The Morgan fingerprint density at radius 3 is 2.44 bits per heavy atom. The van der Waals surface area contributed by atoms with Crippen LogP contribution in [0.5, 0.6) is 0 Å². The predicted octanol–water partition coefficient (Wildman–Crippen LogP) is 1.71. The average Bonchev–Trinajstić information content (AvgIpc) is 2.84. The van der Waals surface area contributed by atoms with E-state index in [0.29, 0.717) is 23.8 Å². The Morgan fingerprint density at radius 1 is 1.32 bits per heavy atom. The third-order valence-corrected chi connectivity index (χ3v) is 5.36. The largest absolute Gasteiger partial charge is 0.466 e. The van der Waals surface area contributed by atoms with E-state index in [2.05, 4.69) is 15.6 Å². The van der Waals surface area contributed by atoms with E-state index in [4.69, 9.17) is 4.42 Å². The first-order chi connectivity index (χ1) is 11.1. The maximum Gasteiger partial charge on any atom is 0.191 e. The highest BCUT2D eigenvalue weighted by molar-refractivity contribution is 14.0. The number of furan rings is 1. The van der Waals surface area contributed by atoms with Crippen molar-refractivity contribution in [1.29, 1.82) is 0 Å². The van der Waals surface area contributed by atoms with Crippen molar-refractivity contribution in [2.45, 2.75) is 40.2 Å². The molecule has 1 aromatic rings. The number of guanidine groups is 1. The van der Waals surface area contributed by atoms with Crippen molar-refractivity contribution >= 4 is 39.8 Å². The van der Waals surface area contributed by atoms with Gasteiger partial charge in [-0.3, -0.25) is 0 Å². The second-order valence-electron chi connectivity index (χ2n) is 5.96. The van der Waals surface area contributed by atoms with Crippen LogP contribution in [-0.4, -0.2) is 50.6 Å². The van der Waals surface area contributed by atoms with E-state index in [-0.39, 0.29) is 48.6 Å². The van der Waals surface area contributed by atoms with Crippen LogP contribution in [0.25, 0.3) is 0 Å². The first-order valence-corrected chi connectivity index (χ1v) is 9.96. The lowest BCUT2D eigenvalue weighted by Gasteiger charge is -2.21. The van der Waals surface area contributed by atoms with E-state index in [1.54, 1.807) is 26.8 Å². The van der Waals surface area contributed by atoms with Gasteiger partial charge in [0, 0.05) is 24.4 Å². The molecule has 1 atom stereocenters. The van der Waals surface area contributed by atoms with Crippen LogP contribution in [-0.2, 0) is 15.4 Å². The van der Waals surface area contributed by atoms with Gasteiger partial charge in [-0.05, 0) is 33.8 Å². The molecule has 0 aliphatic heterocycles. The second kappa shape index (κ2) is 10.4. The van der Waals surface area contributed by atoms with Gasteiger partial charge in [0.05, 0.1) is 12.3 Å². The summed E-state index contributed by atoms with van der Waals surface area (Å²) in [5.41, 5.74) is -0.465. The molecule has 0 spiro atoms. The van der Waals surface area contributed by atoms with Crippen molar-refractivity contribution in [3.05, 3.63) is 23.2 Å². The zero-order valence-corrected chi connectivity index (χ0v) is 18.7. The van der Waals surface area contributed by atoms with Gasteiger partial charge in [-0.25, -0.2) is 13.4 Å². The van der Waals surface area contributed by atoms with Gasteiger partial charge in [0.2, 0.25) is 0 Å². The number of halogens is 1. The summed E-state index contributed by atoms with van der Waals surface area (Å²) < 4.78 is 28.5. The summed E-state index contributed by atoms with van der Waals surface area (Å²) in [6.45, 7) is 9.89. The van der Waals surface area contributed by atoms with E-state index in [9.17, 15) is 13.5 Å². The molecule has 1 heterocycles. The van der Waals surface area contributed by atoms with E-state index in [1.807, 2.05) is 13.8 Å². The van der Waals surface area contributed by atoms with Gasteiger partial charge in [0.1, 0.15) is 17.1 Å². The number of aryl methyl sites for hydroxylation is 2. The molecule has 9 heteroatoms. The van der Waals surface area contributed by atoms with E-state index in [1.165, 1.54) is 0 Å². The molecule has 0 aliphatic carbocycles. The van der Waals surface area contributed by atoms with Crippen LogP contribution in [0.1, 0.15) is 37.9 Å². The zero-order valence-electron chi connectivity index (χ0n) is 15.5. The molecule has 1 aromatic heterocycles. The topological polar surface area (TPSA) is 104 Å². The lowest BCUT2D eigenvalue weighted by molar-refractivity contribution is 0.0657. The molecule has 1 unspecified atom stereocenters. The summed E-state index contributed by atoms with van der Waals surface area (Å²) >= 11 is 0. The van der Waals surface area contributed by atoms with Crippen LogP contribution < -0.4 is 10.6 Å². The average molecular weight is 487 g/mol. The Morgan fingerprint density at radius 2 is 1.96 bits per heavy atom. The summed E-state index contributed by atoms with van der Waals surface area (Å²) in [4.78, 5) is 4.37. The lowest BCUT2D eigenvalue weighted by atomic mass is 9.96. The highest BCUT2D eigenvalue weighted by atomic mass is 127. The SMILES string of the molecule is CCNC(=NCC(C)(O)c1cc(C)oc1C)NCCS(=O)(=O)CC.I. The minimum Gasteiger partial charge on any atom is -0.466 e. The van der Waals surface area contributed by atoms with Crippen LogP contribution in [0.15, 0.2) is 15.5 Å². The van der Waals surface area contributed by atoms with Crippen LogP contribution >= 0.6 is 24.0 Å². The summed E-state index contributed by atoms with van der Waals surface area (Å²) in [7, 11) is -3.03. The molecule has 1 rings (SSSR count). The quantitative estimate of drug-likeness (QED) is 0.293. The third kappa shape index (κ3) is 7.95. The monoisotopic (exact) mass is 487 g/mol. The van der Waals surface area contributed by atoms with Crippen molar-refractivity contribution in [2.75, 3.05) is 31.1 Å². The first kappa shape index (κ1) is 24.2. The maximum absolute atomic E-state index is 11.5. The second-order valence-corrected chi connectivity index (χ2v) is 8.43. The van der Waals surface area contributed by atoms with Crippen LogP contribution in [0, 0.1) is 13.8 Å². The number of hydrogen-bond acceptors (Lipinski definition) is 5. The normalized spacial score (nSPS) is 14.6. The molecule has 0 aromatic carbocycles. The van der Waals surface area contributed by atoms with Crippen LogP contribution in [0.3, 0.4) is 0 Å². The Balaban J connectivity index is 0.00000576. The molecule has 0 saturated heterocycles. The fraction of sp³-hybridized carbons (Fsp3) is 0.688. The molecule has 3 N–H and O–H groups in total. The highest BCUT2D eigenvalue weighted by Crippen LogP contribution is 2.27. The Hall–Kier alpha value is -0.810. The number of nitrogens with one attached hydrogen (secondary N) is 2. The third-order valence-electron chi connectivity index (χ3n) is 3.66. The number of rotatable bonds is 8. The molecule has 0 fully saturated rings. The van der Waals surface area contributed by atoms with Gasteiger partial charge in [0.25, 0.3) is 0 Å². The van der Waals surface area contributed by atoms with Gasteiger partial charge in [-0.15, -0.1) is 24.0 Å². The van der Waals surface area contributed by atoms with Crippen LogP contribution in [0.2, 0.25) is 0 Å². The molecule has 0 amide bonds. The molecule has 0 bridgehead atoms. The molecule has 0 aliphatic rings. The summed E-state index contributed by atoms with van der Waals surface area (Å²) in [6, 6.07) is 1.80. The van der Waals surface area contributed by atoms with Gasteiger partial charge < -0.3 is 20.2 Å². The van der Waals surface area contributed by atoms with Gasteiger partial charge in [-0.2, -0.15) is 0 Å². The number of nitrogens with zero attached hydrogens (tertiary/aromatic N) is 1.